The van der Waals surface area contributed by atoms with Crippen molar-refractivity contribution in [2.45, 2.75) is 18.9 Å². The lowest BCUT2D eigenvalue weighted by atomic mass is 10.1. The van der Waals surface area contributed by atoms with Gasteiger partial charge in [-0.3, -0.25) is 4.79 Å². The number of aromatic nitrogens is 3. The number of piperazine rings is 1. The topological polar surface area (TPSA) is 66.2 Å². The van der Waals surface area contributed by atoms with Crippen LogP contribution in [0.25, 0.3) is 5.65 Å². The molecule has 0 radical (unpaired) electrons. The minimum atomic E-state index is -0.480. The van der Waals surface area contributed by atoms with Gasteiger partial charge in [0, 0.05) is 63.8 Å². The quantitative estimate of drug-likeness (QED) is 0.592. The number of amides is 1. The minimum Gasteiger partial charge on any atom is -0.381 e. The van der Waals surface area contributed by atoms with Crippen LogP contribution in [-0.4, -0.2) is 83.6 Å². The van der Waals surface area contributed by atoms with Gasteiger partial charge in [0.25, 0.3) is 5.91 Å². The van der Waals surface area contributed by atoms with E-state index in [9.17, 15) is 9.18 Å². The number of anilines is 1. The Balaban J connectivity index is 1.25. The van der Waals surface area contributed by atoms with Gasteiger partial charge in [-0.2, -0.15) is 0 Å². The number of carbonyl (C=O) groups excluding carboxylic acids is 1. The lowest BCUT2D eigenvalue weighted by Crippen LogP contribution is -2.49. The van der Waals surface area contributed by atoms with E-state index in [0.717, 1.165) is 30.0 Å². The smallest absolute Gasteiger partial charge is 0.255 e. The molecule has 5 heterocycles. The van der Waals surface area contributed by atoms with Crippen LogP contribution in [0.1, 0.15) is 34.0 Å². The molecule has 2 fully saturated rings. The zero-order chi connectivity index (χ0) is 22.9. The van der Waals surface area contributed by atoms with Crippen LogP contribution in [-0.2, 0) is 11.3 Å². The number of hydrogen-bond donors (Lipinski definition) is 0. The number of nitrogens with zero attached hydrogens (tertiary/aromatic N) is 6. The molecule has 3 aromatic heterocycles. The minimum absolute atomic E-state index is 0.163. The zero-order valence-electron chi connectivity index (χ0n) is 19.1. The number of ether oxygens (including phenoxy) is 1. The number of imidazole rings is 1. The molecule has 1 unspecified atom stereocenters. The van der Waals surface area contributed by atoms with Crippen molar-refractivity contribution < 1.29 is 13.9 Å². The van der Waals surface area contributed by atoms with Gasteiger partial charge in [0.05, 0.1) is 17.9 Å². The summed E-state index contributed by atoms with van der Waals surface area (Å²) in [5.41, 5.74) is 2.57. The van der Waals surface area contributed by atoms with Crippen LogP contribution >= 0.6 is 0 Å². The van der Waals surface area contributed by atoms with E-state index in [4.69, 9.17) is 4.74 Å². The van der Waals surface area contributed by atoms with E-state index < -0.39 is 5.82 Å². The number of carbonyl (C=O) groups is 1. The summed E-state index contributed by atoms with van der Waals surface area (Å²) >= 11 is 0. The molecule has 2 aliphatic heterocycles. The first-order valence-electron chi connectivity index (χ1n) is 11.4. The van der Waals surface area contributed by atoms with Crippen molar-refractivity contribution >= 4 is 17.4 Å². The first-order chi connectivity index (χ1) is 16.0. The largest absolute Gasteiger partial charge is 0.381 e. The summed E-state index contributed by atoms with van der Waals surface area (Å²) in [6.45, 7) is 4.66. The average Bonchev–Trinajstić information content (AvgIpc) is 3.49. The number of pyridine rings is 2. The van der Waals surface area contributed by atoms with Gasteiger partial charge in [0.15, 0.2) is 11.5 Å². The molecular weight excluding hydrogens is 423 g/mol. The van der Waals surface area contributed by atoms with Gasteiger partial charge in [-0.25, -0.2) is 14.4 Å². The second-order valence-corrected chi connectivity index (χ2v) is 9.08. The van der Waals surface area contributed by atoms with Crippen molar-refractivity contribution in [3.63, 3.8) is 0 Å². The van der Waals surface area contributed by atoms with Gasteiger partial charge < -0.3 is 23.8 Å². The molecule has 3 aromatic rings. The van der Waals surface area contributed by atoms with E-state index >= 15 is 0 Å². The summed E-state index contributed by atoms with van der Waals surface area (Å²) in [6, 6.07) is 5.43. The summed E-state index contributed by atoms with van der Waals surface area (Å²) < 4.78 is 21.8. The summed E-state index contributed by atoms with van der Waals surface area (Å²) in [5.74, 6) is 0.455. The highest BCUT2D eigenvalue weighted by molar-refractivity contribution is 5.94. The van der Waals surface area contributed by atoms with Crippen molar-refractivity contribution in [3.8, 4) is 0 Å². The monoisotopic (exact) mass is 452 g/mol. The molecule has 0 bridgehead atoms. The number of hydrogen-bond acceptors (Lipinski definition) is 6. The molecule has 9 heteroatoms. The molecule has 2 aliphatic rings. The molecule has 0 spiro atoms. The standard InChI is InChI=1S/C24H29FN6O2/c1-28(2)13-17-3-4-22(26-12-17)29-6-8-30(9-7-29)24(32)19-11-20(25)23-27-21(15-31(23)14-19)18-5-10-33-16-18/h3-4,11-12,14-15,18H,5-10,13,16H2,1-2H3. The Labute approximate surface area is 192 Å². The SMILES string of the molecule is CN(C)Cc1ccc(N2CCN(C(=O)c3cc(F)c4nc(C5CCOC5)cn4c3)CC2)nc1. The molecule has 0 aromatic carbocycles. The first kappa shape index (κ1) is 21.8. The van der Waals surface area contributed by atoms with E-state index in [1.807, 2.05) is 32.6 Å². The van der Waals surface area contributed by atoms with Crippen LogP contribution < -0.4 is 4.90 Å². The fourth-order valence-electron chi connectivity index (χ4n) is 4.54. The maximum absolute atomic E-state index is 14.8. The Morgan fingerprint density at radius 3 is 2.70 bits per heavy atom. The summed E-state index contributed by atoms with van der Waals surface area (Å²) in [6.07, 6.45) is 6.29. The van der Waals surface area contributed by atoms with E-state index in [1.54, 1.807) is 15.5 Å². The van der Waals surface area contributed by atoms with Crippen LogP contribution in [0, 0.1) is 5.82 Å². The second kappa shape index (κ2) is 9.07. The lowest BCUT2D eigenvalue weighted by molar-refractivity contribution is 0.0745. The van der Waals surface area contributed by atoms with Crippen LogP contribution in [0.2, 0.25) is 0 Å². The van der Waals surface area contributed by atoms with Crippen LogP contribution in [0.3, 0.4) is 0 Å². The first-order valence-corrected chi connectivity index (χ1v) is 11.4. The maximum Gasteiger partial charge on any atom is 0.255 e. The van der Waals surface area contributed by atoms with Gasteiger partial charge >= 0.3 is 0 Å². The zero-order valence-corrected chi connectivity index (χ0v) is 19.1. The predicted molar refractivity (Wildman–Crippen MR) is 123 cm³/mol. The third-order valence-electron chi connectivity index (χ3n) is 6.32. The van der Waals surface area contributed by atoms with Gasteiger partial charge in [-0.1, -0.05) is 6.07 Å². The third-order valence-corrected chi connectivity index (χ3v) is 6.32. The van der Waals surface area contributed by atoms with Crippen molar-refractivity contribution in [1.82, 2.24) is 24.2 Å². The number of fused-ring (bicyclic) bond motifs is 1. The van der Waals surface area contributed by atoms with Gasteiger partial charge in [-0.05, 0) is 38.2 Å². The molecule has 0 saturated carbocycles. The molecule has 0 N–H and O–H groups in total. The maximum atomic E-state index is 14.8. The Bertz CT molecular complexity index is 1130. The molecule has 1 amide bonds. The Morgan fingerprint density at radius 2 is 2.03 bits per heavy atom. The Morgan fingerprint density at radius 1 is 1.21 bits per heavy atom. The Kier molecular flexibility index (Phi) is 5.99. The highest BCUT2D eigenvalue weighted by Gasteiger charge is 2.25. The number of halogens is 1. The van der Waals surface area contributed by atoms with E-state index in [-0.39, 0.29) is 17.5 Å². The molecule has 0 aliphatic carbocycles. The molecule has 5 rings (SSSR count). The van der Waals surface area contributed by atoms with Crippen LogP contribution in [0.5, 0.6) is 0 Å². The van der Waals surface area contributed by atoms with Gasteiger partial charge in [0.1, 0.15) is 5.82 Å². The molecule has 8 nitrogen and oxygen atoms in total. The highest BCUT2D eigenvalue weighted by Crippen LogP contribution is 2.26. The summed E-state index contributed by atoms with van der Waals surface area (Å²) in [4.78, 5) is 28.2. The summed E-state index contributed by atoms with van der Waals surface area (Å²) in [7, 11) is 4.06. The fourth-order valence-corrected chi connectivity index (χ4v) is 4.54. The fraction of sp³-hybridized carbons (Fsp3) is 0.458. The lowest BCUT2D eigenvalue weighted by Gasteiger charge is -2.35. The van der Waals surface area contributed by atoms with E-state index in [0.29, 0.717) is 45.0 Å². The molecular formula is C24H29FN6O2. The number of rotatable bonds is 5. The molecule has 2 saturated heterocycles. The van der Waals surface area contributed by atoms with Crippen LogP contribution in [0.15, 0.2) is 36.8 Å². The van der Waals surface area contributed by atoms with Crippen LogP contribution in [0.4, 0.5) is 10.2 Å². The third kappa shape index (κ3) is 4.56. The van der Waals surface area contributed by atoms with E-state index in [1.165, 1.54) is 6.07 Å². The van der Waals surface area contributed by atoms with Crippen molar-refractivity contribution in [2.75, 3.05) is 58.4 Å². The molecule has 1 atom stereocenters. The summed E-state index contributed by atoms with van der Waals surface area (Å²) in [5, 5.41) is 0. The predicted octanol–water partition coefficient (Wildman–Crippen LogP) is 2.40. The van der Waals surface area contributed by atoms with Crippen molar-refractivity contribution in [1.29, 1.82) is 0 Å². The van der Waals surface area contributed by atoms with E-state index in [2.05, 4.69) is 25.8 Å². The van der Waals surface area contributed by atoms with Gasteiger partial charge in [0.2, 0.25) is 0 Å². The average molecular weight is 453 g/mol. The second-order valence-electron chi connectivity index (χ2n) is 9.08. The highest BCUT2D eigenvalue weighted by atomic mass is 19.1. The Hall–Kier alpha value is -3.04. The van der Waals surface area contributed by atoms with Gasteiger partial charge in [-0.15, -0.1) is 0 Å². The molecule has 174 valence electrons. The van der Waals surface area contributed by atoms with Crippen molar-refractivity contribution in [2.24, 2.45) is 0 Å². The van der Waals surface area contributed by atoms with Crippen molar-refractivity contribution in [3.05, 3.63) is 59.4 Å². The normalized spacial score (nSPS) is 19.1. The molecule has 33 heavy (non-hydrogen) atoms.